The fraction of sp³-hybridized carbons (Fsp3) is 0.803. The highest BCUT2D eigenvalue weighted by Gasteiger charge is 2.19. The molecule has 1 atom stereocenters. The van der Waals surface area contributed by atoms with Crippen molar-refractivity contribution in [2.45, 2.75) is 380 Å². The Labute approximate surface area is 510 Å². The van der Waals surface area contributed by atoms with Gasteiger partial charge in [0.1, 0.15) is 13.2 Å². The summed E-state index contributed by atoms with van der Waals surface area (Å²) in [4.78, 5) is 38.3. The fourth-order valence-corrected chi connectivity index (χ4v) is 10.6. The Morgan fingerprint density at radius 3 is 0.744 bits per heavy atom. The first-order chi connectivity index (χ1) is 40.5. The van der Waals surface area contributed by atoms with Crippen LogP contribution in [0.4, 0.5) is 0 Å². The molecule has 0 aliphatic carbocycles. The zero-order chi connectivity index (χ0) is 59.2. The second kappa shape index (κ2) is 70.3. The van der Waals surface area contributed by atoms with E-state index < -0.39 is 6.10 Å². The van der Waals surface area contributed by atoms with Gasteiger partial charge in [0.15, 0.2) is 6.10 Å². The molecule has 0 aromatic heterocycles. The molecule has 6 nitrogen and oxygen atoms in total. The Morgan fingerprint density at radius 2 is 0.476 bits per heavy atom. The lowest BCUT2D eigenvalue weighted by Crippen LogP contribution is -2.30. The van der Waals surface area contributed by atoms with Gasteiger partial charge in [0.25, 0.3) is 0 Å². The van der Waals surface area contributed by atoms with Crippen LogP contribution in [0.5, 0.6) is 0 Å². The van der Waals surface area contributed by atoms with Gasteiger partial charge in [-0.25, -0.2) is 0 Å². The highest BCUT2D eigenvalue weighted by Crippen LogP contribution is 2.18. The van der Waals surface area contributed by atoms with E-state index >= 15 is 0 Å². The summed E-state index contributed by atoms with van der Waals surface area (Å²) in [7, 11) is 0. The Bertz CT molecular complexity index is 1500. The van der Waals surface area contributed by atoms with Crippen LogP contribution in [-0.2, 0) is 28.6 Å². The van der Waals surface area contributed by atoms with Crippen molar-refractivity contribution >= 4 is 17.9 Å². The average molecular weight is 1150 g/mol. The fourth-order valence-electron chi connectivity index (χ4n) is 10.6. The molecule has 0 aliphatic rings. The van der Waals surface area contributed by atoms with E-state index in [1.165, 1.54) is 238 Å². The summed E-state index contributed by atoms with van der Waals surface area (Å²) in [6.07, 6.45) is 92.4. The van der Waals surface area contributed by atoms with Gasteiger partial charge in [-0.3, -0.25) is 14.4 Å². The van der Waals surface area contributed by atoms with Crippen molar-refractivity contribution in [1.29, 1.82) is 0 Å². The van der Waals surface area contributed by atoms with E-state index in [2.05, 4.69) is 93.7 Å². The number of rotatable bonds is 66. The van der Waals surface area contributed by atoms with Crippen molar-refractivity contribution in [2.75, 3.05) is 13.2 Å². The van der Waals surface area contributed by atoms with Gasteiger partial charge in [0.2, 0.25) is 0 Å². The maximum atomic E-state index is 12.9. The molecule has 82 heavy (non-hydrogen) atoms. The highest BCUT2D eigenvalue weighted by molar-refractivity contribution is 5.71. The Morgan fingerprint density at radius 1 is 0.256 bits per heavy atom. The van der Waals surface area contributed by atoms with Gasteiger partial charge in [-0.05, 0) is 89.9 Å². The number of carbonyl (C=O) groups is 3. The monoisotopic (exact) mass is 1150 g/mol. The predicted octanol–water partition coefficient (Wildman–Crippen LogP) is 24.8. The third-order valence-electron chi connectivity index (χ3n) is 15.9. The molecule has 0 saturated heterocycles. The first kappa shape index (κ1) is 78.8. The quantitative estimate of drug-likeness (QED) is 0.0261. The molecule has 0 fully saturated rings. The number of hydrogen-bond donors (Lipinski definition) is 0. The van der Waals surface area contributed by atoms with Crippen LogP contribution in [0.25, 0.3) is 0 Å². The van der Waals surface area contributed by atoms with E-state index in [4.69, 9.17) is 14.2 Å². The number of ether oxygens (including phenoxy) is 3. The summed E-state index contributed by atoms with van der Waals surface area (Å²) in [6.45, 7) is 6.55. The minimum absolute atomic E-state index is 0.0738. The van der Waals surface area contributed by atoms with E-state index in [1.54, 1.807) is 0 Å². The van der Waals surface area contributed by atoms with Crippen LogP contribution in [0.15, 0.2) is 72.9 Å². The van der Waals surface area contributed by atoms with Gasteiger partial charge in [-0.15, -0.1) is 0 Å². The van der Waals surface area contributed by atoms with Gasteiger partial charge in [-0.2, -0.15) is 0 Å². The van der Waals surface area contributed by atoms with Crippen molar-refractivity contribution in [1.82, 2.24) is 0 Å². The third-order valence-corrected chi connectivity index (χ3v) is 15.9. The van der Waals surface area contributed by atoms with Crippen molar-refractivity contribution in [3.05, 3.63) is 72.9 Å². The van der Waals surface area contributed by atoms with Gasteiger partial charge in [0, 0.05) is 19.3 Å². The Kier molecular flexibility index (Phi) is 67.6. The number of esters is 3. The Hall–Kier alpha value is -3.15. The molecule has 0 heterocycles. The molecule has 0 aliphatic heterocycles. The minimum atomic E-state index is -0.777. The van der Waals surface area contributed by atoms with E-state index in [0.717, 1.165) is 96.3 Å². The van der Waals surface area contributed by atoms with Gasteiger partial charge in [-0.1, -0.05) is 338 Å². The van der Waals surface area contributed by atoms with Gasteiger partial charge in [0.05, 0.1) is 0 Å². The molecule has 0 N–H and O–H groups in total. The summed E-state index contributed by atoms with van der Waals surface area (Å²) in [5, 5.41) is 0. The lowest BCUT2D eigenvalue weighted by atomic mass is 10.0. The van der Waals surface area contributed by atoms with Crippen LogP contribution in [0.1, 0.15) is 374 Å². The first-order valence-electron chi connectivity index (χ1n) is 35.9. The molecule has 6 heteroatoms. The lowest BCUT2D eigenvalue weighted by Gasteiger charge is -2.18. The van der Waals surface area contributed by atoms with Crippen LogP contribution in [-0.4, -0.2) is 37.2 Å². The van der Waals surface area contributed by atoms with Crippen LogP contribution in [0.3, 0.4) is 0 Å². The van der Waals surface area contributed by atoms with E-state index in [-0.39, 0.29) is 31.1 Å². The van der Waals surface area contributed by atoms with Crippen molar-refractivity contribution in [3.8, 4) is 0 Å². The van der Waals surface area contributed by atoms with E-state index in [9.17, 15) is 14.4 Å². The molecule has 0 radical (unpaired) electrons. The largest absolute Gasteiger partial charge is 0.462 e. The normalized spacial score (nSPS) is 12.5. The van der Waals surface area contributed by atoms with Crippen molar-refractivity contribution in [2.24, 2.45) is 0 Å². The molecule has 0 amide bonds. The summed E-state index contributed by atoms with van der Waals surface area (Å²) < 4.78 is 16.9. The highest BCUT2D eigenvalue weighted by atomic mass is 16.6. The molecular weight excluding hydrogens is 1010 g/mol. The van der Waals surface area contributed by atoms with Crippen LogP contribution < -0.4 is 0 Å². The molecule has 0 spiro atoms. The smallest absolute Gasteiger partial charge is 0.306 e. The van der Waals surface area contributed by atoms with Crippen molar-refractivity contribution in [3.63, 3.8) is 0 Å². The molecular formula is C76H136O6. The number of hydrogen-bond acceptors (Lipinski definition) is 6. The third kappa shape index (κ3) is 67.6. The summed E-state index contributed by atoms with van der Waals surface area (Å²) >= 11 is 0. The first-order valence-corrected chi connectivity index (χ1v) is 35.9. The molecule has 0 rings (SSSR count). The zero-order valence-electron chi connectivity index (χ0n) is 54.8. The number of unbranched alkanes of at least 4 members (excludes halogenated alkanes) is 43. The van der Waals surface area contributed by atoms with Gasteiger partial charge < -0.3 is 14.2 Å². The molecule has 0 aromatic rings. The SMILES string of the molecule is CC/C=C\C/C=C\C/C=C\C/C=C\CCCCCCCCCCC(=O)OC(COC(=O)CCCCCCCCCCCC)COC(=O)CCCCCCCCCCCCCCCCCCCCCCC/C=C\C/C=C\CCCCCCC. The van der Waals surface area contributed by atoms with E-state index in [1.807, 2.05) is 0 Å². The van der Waals surface area contributed by atoms with E-state index in [0.29, 0.717) is 19.3 Å². The number of carbonyl (C=O) groups excluding carboxylic acids is 3. The second-order valence-corrected chi connectivity index (χ2v) is 24.1. The summed E-state index contributed by atoms with van der Waals surface area (Å²) in [5.74, 6) is -0.863. The molecule has 476 valence electrons. The van der Waals surface area contributed by atoms with Crippen LogP contribution in [0, 0.1) is 0 Å². The topological polar surface area (TPSA) is 78.9 Å². The predicted molar refractivity (Wildman–Crippen MR) is 358 cm³/mol. The zero-order valence-corrected chi connectivity index (χ0v) is 54.8. The molecule has 0 bridgehead atoms. The summed E-state index contributed by atoms with van der Waals surface area (Å²) in [6, 6.07) is 0. The average Bonchev–Trinajstić information content (AvgIpc) is 3.47. The second-order valence-electron chi connectivity index (χ2n) is 24.1. The Balaban J connectivity index is 4.10. The van der Waals surface area contributed by atoms with Gasteiger partial charge >= 0.3 is 17.9 Å². The van der Waals surface area contributed by atoms with Crippen molar-refractivity contribution < 1.29 is 28.6 Å². The lowest BCUT2D eigenvalue weighted by molar-refractivity contribution is -0.167. The van der Waals surface area contributed by atoms with Crippen LogP contribution >= 0.6 is 0 Å². The molecule has 0 aromatic carbocycles. The molecule has 1 unspecified atom stereocenters. The minimum Gasteiger partial charge on any atom is -0.462 e. The number of allylic oxidation sites excluding steroid dienone is 12. The molecule has 0 saturated carbocycles. The maximum Gasteiger partial charge on any atom is 0.306 e. The standard InChI is InChI=1S/C76H136O6/c1-4-7-10-13-16-19-22-24-26-28-30-32-33-34-35-36-37-38-39-40-41-42-43-45-46-48-50-52-54-57-60-63-66-69-75(78)81-72-73(71-80-74(77)68-65-62-59-56-21-18-15-12-9-6-3)82-76(79)70-67-64-61-58-55-53-51-49-47-44-31-29-27-25-23-20-17-14-11-8-5-2/h8,11,17,20,22,24-25,27-28,30-31,44,73H,4-7,9-10,12-16,18-19,21,23,26,29,32-43,45-72H2,1-3H3/b11-8-,20-17-,24-22-,27-25-,30-28-,44-31-. The maximum absolute atomic E-state index is 12.9. The van der Waals surface area contributed by atoms with Crippen LogP contribution in [0.2, 0.25) is 0 Å². The summed E-state index contributed by atoms with van der Waals surface area (Å²) in [5.41, 5.74) is 0.